The van der Waals surface area contributed by atoms with E-state index in [0.717, 1.165) is 3.92 Å². The second-order valence-electron chi connectivity index (χ2n) is 3.00. The molecular weight excluding hydrogens is 236 g/mol. The van der Waals surface area contributed by atoms with Crippen LogP contribution in [-0.2, 0) is 0 Å². The van der Waals surface area contributed by atoms with Crippen molar-refractivity contribution in [2.75, 3.05) is 18.0 Å². The molecule has 2 heterocycles. The first-order chi connectivity index (χ1) is 5.86. The number of aromatic nitrogens is 1. The Morgan fingerprint density at radius 2 is 2.08 bits per heavy atom. The van der Waals surface area contributed by atoms with Crippen molar-refractivity contribution in [2.24, 2.45) is 0 Å². The fourth-order valence-corrected chi connectivity index (χ4v) is 2.80. The lowest BCUT2D eigenvalue weighted by Gasteiger charge is -2.26. The minimum Gasteiger partial charge on any atom is -0.362 e. The molecule has 1 saturated heterocycles. The van der Waals surface area contributed by atoms with Gasteiger partial charge in [0.1, 0.15) is 5.00 Å². The smallest absolute Gasteiger partial charge is 0.161 e. The summed E-state index contributed by atoms with van der Waals surface area (Å²) in [6.45, 7) is 2.41. The van der Waals surface area contributed by atoms with Gasteiger partial charge in [-0.3, -0.25) is 0 Å². The van der Waals surface area contributed by atoms with Crippen molar-refractivity contribution in [3.8, 4) is 0 Å². The molecule has 0 bridgehead atoms. The SMILES string of the molecule is Brc1ncc(N2CCCCC2)s1. The van der Waals surface area contributed by atoms with Gasteiger partial charge < -0.3 is 4.90 Å². The largest absolute Gasteiger partial charge is 0.362 e. The lowest BCUT2D eigenvalue weighted by atomic mass is 10.1. The molecule has 12 heavy (non-hydrogen) atoms. The summed E-state index contributed by atoms with van der Waals surface area (Å²) in [5.41, 5.74) is 0. The molecule has 4 heteroatoms. The molecule has 2 rings (SSSR count). The van der Waals surface area contributed by atoms with E-state index in [-0.39, 0.29) is 0 Å². The summed E-state index contributed by atoms with van der Waals surface area (Å²) in [6, 6.07) is 0. The lowest BCUT2D eigenvalue weighted by molar-refractivity contribution is 0.580. The Morgan fingerprint density at radius 3 is 2.67 bits per heavy atom. The maximum absolute atomic E-state index is 4.19. The van der Waals surface area contributed by atoms with E-state index in [1.165, 1.54) is 37.4 Å². The van der Waals surface area contributed by atoms with Crippen LogP contribution in [0.5, 0.6) is 0 Å². The van der Waals surface area contributed by atoms with E-state index in [1.54, 1.807) is 11.3 Å². The Labute approximate surface area is 84.7 Å². The Kier molecular flexibility index (Phi) is 2.66. The minimum absolute atomic E-state index is 0.989. The number of hydrogen-bond donors (Lipinski definition) is 0. The van der Waals surface area contributed by atoms with Gasteiger partial charge in [0.2, 0.25) is 0 Å². The molecule has 1 fully saturated rings. The molecule has 0 spiro atoms. The molecule has 0 saturated carbocycles. The quantitative estimate of drug-likeness (QED) is 0.758. The van der Waals surface area contributed by atoms with E-state index in [1.807, 2.05) is 6.20 Å². The standard InChI is InChI=1S/C8H11BrN2S/c9-8-10-6-7(12-8)11-4-2-1-3-5-11/h6H,1-5H2. The number of piperidine rings is 1. The highest BCUT2D eigenvalue weighted by Gasteiger charge is 2.12. The summed E-state index contributed by atoms with van der Waals surface area (Å²) < 4.78 is 0.989. The zero-order valence-corrected chi connectivity index (χ0v) is 9.20. The molecule has 0 amide bonds. The van der Waals surface area contributed by atoms with Crippen molar-refractivity contribution in [1.82, 2.24) is 4.98 Å². The van der Waals surface area contributed by atoms with Gasteiger partial charge in [-0.05, 0) is 35.2 Å². The van der Waals surface area contributed by atoms with Crippen LogP contribution in [0.25, 0.3) is 0 Å². The topological polar surface area (TPSA) is 16.1 Å². The van der Waals surface area contributed by atoms with Crippen LogP contribution >= 0.6 is 27.3 Å². The van der Waals surface area contributed by atoms with Gasteiger partial charge in [0, 0.05) is 13.1 Å². The van der Waals surface area contributed by atoms with E-state index >= 15 is 0 Å². The predicted molar refractivity (Wildman–Crippen MR) is 55.9 cm³/mol. The third-order valence-corrected chi connectivity index (χ3v) is 3.67. The summed E-state index contributed by atoms with van der Waals surface area (Å²) in [6.07, 6.45) is 6.00. The Bertz CT molecular complexity index is 255. The van der Waals surface area contributed by atoms with E-state index in [2.05, 4.69) is 25.8 Å². The van der Waals surface area contributed by atoms with Crippen LogP contribution in [0.15, 0.2) is 10.1 Å². The van der Waals surface area contributed by atoms with Crippen molar-refractivity contribution >= 4 is 32.3 Å². The number of halogens is 1. The maximum atomic E-state index is 4.19. The van der Waals surface area contributed by atoms with Crippen molar-refractivity contribution in [3.63, 3.8) is 0 Å². The van der Waals surface area contributed by atoms with Crippen LogP contribution in [0.3, 0.4) is 0 Å². The molecule has 1 aliphatic rings. The van der Waals surface area contributed by atoms with E-state index in [0.29, 0.717) is 0 Å². The van der Waals surface area contributed by atoms with Gasteiger partial charge >= 0.3 is 0 Å². The number of hydrogen-bond acceptors (Lipinski definition) is 3. The summed E-state index contributed by atoms with van der Waals surface area (Å²) in [7, 11) is 0. The highest BCUT2D eigenvalue weighted by atomic mass is 79.9. The average molecular weight is 247 g/mol. The molecule has 0 N–H and O–H groups in total. The molecule has 0 unspecified atom stereocenters. The van der Waals surface area contributed by atoms with Crippen molar-refractivity contribution in [1.29, 1.82) is 0 Å². The molecular formula is C8H11BrN2S. The highest BCUT2D eigenvalue weighted by Crippen LogP contribution is 2.28. The van der Waals surface area contributed by atoms with Crippen molar-refractivity contribution in [3.05, 3.63) is 10.1 Å². The Morgan fingerprint density at radius 1 is 1.33 bits per heavy atom. The Hall–Kier alpha value is -0.0900. The fourth-order valence-electron chi connectivity index (χ4n) is 1.51. The molecule has 1 aromatic heterocycles. The summed E-state index contributed by atoms with van der Waals surface area (Å²) >= 11 is 5.11. The van der Waals surface area contributed by atoms with Crippen LogP contribution in [0, 0.1) is 0 Å². The normalized spacial score (nSPS) is 18.2. The first-order valence-electron chi connectivity index (χ1n) is 4.22. The molecule has 66 valence electrons. The molecule has 0 aliphatic carbocycles. The first kappa shape index (κ1) is 8.51. The molecule has 1 aliphatic heterocycles. The maximum Gasteiger partial charge on any atom is 0.161 e. The molecule has 0 aromatic carbocycles. The van der Waals surface area contributed by atoms with Gasteiger partial charge in [0.05, 0.1) is 6.20 Å². The second-order valence-corrected chi connectivity index (χ2v) is 5.28. The van der Waals surface area contributed by atoms with Crippen molar-refractivity contribution < 1.29 is 0 Å². The van der Waals surface area contributed by atoms with Crippen LogP contribution in [0.2, 0.25) is 0 Å². The molecule has 0 atom stereocenters. The number of thiazole rings is 1. The second kappa shape index (κ2) is 3.75. The van der Waals surface area contributed by atoms with Gasteiger partial charge in [0.15, 0.2) is 3.92 Å². The van der Waals surface area contributed by atoms with Crippen LogP contribution < -0.4 is 4.90 Å². The average Bonchev–Trinajstić information content (AvgIpc) is 2.54. The monoisotopic (exact) mass is 246 g/mol. The highest BCUT2D eigenvalue weighted by molar-refractivity contribution is 9.11. The number of anilines is 1. The zero-order chi connectivity index (χ0) is 8.39. The van der Waals surface area contributed by atoms with E-state index in [4.69, 9.17) is 0 Å². The summed E-state index contributed by atoms with van der Waals surface area (Å²) in [4.78, 5) is 6.61. The van der Waals surface area contributed by atoms with Crippen LogP contribution in [0.4, 0.5) is 5.00 Å². The third-order valence-electron chi connectivity index (χ3n) is 2.13. The van der Waals surface area contributed by atoms with Gasteiger partial charge in [-0.25, -0.2) is 4.98 Å². The van der Waals surface area contributed by atoms with E-state index in [9.17, 15) is 0 Å². The number of rotatable bonds is 1. The minimum atomic E-state index is 0.989. The first-order valence-corrected chi connectivity index (χ1v) is 5.83. The van der Waals surface area contributed by atoms with Gasteiger partial charge in [-0.15, -0.1) is 0 Å². The van der Waals surface area contributed by atoms with Crippen LogP contribution in [0.1, 0.15) is 19.3 Å². The summed E-state index contributed by atoms with van der Waals surface area (Å²) in [5.74, 6) is 0. The van der Waals surface area contributed by atoms with Gasteiger partial charge in [-0.2, -0.15) is 0 Å². The van der Waals surface area contributed by atoms with Crippen LogP contribution in [-0.4, -0.2) is 18.1 Å². The zero-order valence-electron chi connectivity index (χ0n) is 6.79. The molecule has 2 nitrogen and oxygen atoms in total. The van der Waals surface area contributed by atoms with Gasteiger partial charge in [-0.1, -0.05) is 11.3 Å². The predicted octanol–water partition coefficient (Wildman–Crippen LogP) is 2.90. The molecule has 1 aromatic rings. The fraction of sp³-hybridized carbons (Fsp3) is 0.625. The third kappa shape index (κ3) is 1.80. The Balaban J connectivity index is 2.08. The van der Waals surface area contributed by atoms with Crippen molar-refractivity contribution in [2.45, 2.75) is 19.3 Å². The number of nitrogens with zero attached hydrogens (tertiary/aromatic N) is 2. The van der Waals surface area contributed by atoms with Gasteiger partial charge in [0.25, 0.3) is 0 Å². The molecule has 0 radical (unpaired) electrons. The lowest BCUT2D eigenvalue weighted by Crippen LogP contribution is -2.28. The summed E-state index contributed by atoms with van der Waals surface area (Å²) in [5, 5.41) is 1.31. The van der Waals surface area contributed by atoms with E-state index < -0.39 is 0 Å².